The molecule has 0 radical (unpaired) electrons. The Labute approximate surface area is 126 Å². The molecule has 0 aliphatic carbocycles. The molecule has 104 valence electrons. The van der Waals surface area contributed by atoms with E-state index in [1.165, 1.54) is 9.75 Å². The van der Waals surface area contributed by atoms with Gasteiger partial charge < -0.3 is 9.64 Å². The molecule has 3 rings (SSSR count). The molecule has 0 saturated carbocycles. The summed E-state index contributed by atoms with van der Waals surface area (Å²) in [5.74, 6) is 0.0689. The second-order valence-electron chi connectivity index (χ2n) is 4.45. The second-order valence-corrected chi connectivity index (χ2v) is 6.51. The quantitative estimate of drug-likeness (QED) is 0.814. The highest BCUT2D eigenvalue weighted by atomic mass is 32.1. The lowest BCUT2D eigenvalue weighted by Gasteiger charge is -2.25. The number of hydrogen-bond donors (Lipinski definition) is 0. The van der Waals surface area contributed by atoms with Gasteiger partial charge >= 0.3 is 0 Å². The van der Waals surface area contributed by atoms with Crippen LogP contribution in [0.25, 0.3) is 15.8 Å². The monoisotopic (exact) mass is 305 g/mol. The first-order valence-corrected chi connectivity index (χ1v) is 8.21. The van der Waals surface area contributed by atoms with Gasteiger partial charge in [-0.05, 0) is 29.7 Å². The second kappa shape index (κ2) is 6.35. The van der Waals surface area contributed by atoms with Crippen LogP contribution < -0.4 is 0 Å². The molecule has 2 aromatic heterocycles. The Kier molecular flexibility index (Phi) is 4.30. The van der Waals surface area contributed by atoms with Gasteiger partial charge in [0.15, 0.2) is 0 Å². The Bertz CT molecular complexity index is 595. The van der Waals surface area contributed by atoms with Gasteiger partial charge in [0.05, 0.1) is 13.2 Å². The third kappa shape index (κ3) is 3.17. The summed E-state index contributed by atoms with van der Waals surface area (Å²) in [6.07, 6.45) is 3.56. The van der Waals surface area contributed by atoms with E-state index in [1.54, 1.807) is 28.7 Å². The lowest BCUT2D eigenvalue weighted by atomic mass is 10.3. The van der Waals surface area contributed by atoms with Crippen LogP contribution in [0.3, 0.4) is 0 Å². The predicted molar refractivity (Wildman–Crippen MR) is 84.1 cm³/mol. The summed E-state index contributed by atoms with van der Waals surface area (Å²) in [5.41, 5.74) is 0. The van der Waals surface area contributed by atoms with Crippen LogP contribution in [0.2, 0.25) is 0 Å². The number of thiophene rings is 2. The van der Waals surface area contributed by atoms with Crippen molar-refractivity contribution in [1.82, 2.24) is 4.90 Å². The van der Waals surface area contributed by atoms with Crippen LogP contribution in [-0.2, 0) is 9.53 Å². The van der Waals surface area contributed by atoms with E-state index in [0.717, 1.165) is 4.88 Å². The van der Waals surface area contributed by atoms with E-state index in [-0.39, 0.29) is 5.91 Å². The van der Waals surface area contributed by atoms with Gasteiger partial charge in [-0.25, -0.2) is 0 Å². The summed E-state index contributed by atoms with van der Waals surface area (Å²) in [5, 5.41) is 2.08. The molecular weight excluding hydrogens is 290 g/mol. The summed E-state index contributed by atoms with van der Waals surface area (Å²) in [6.45, 7) is 2.66. The number of amides is 1. The number of carbonyl (C=O) groups excluding carboxylic acids is 1. The average molecular weight is 305 g/mol. The molecule has 1 aliphatic heterocycles. The molecule has 1 fully saturated rings. The fourth-order valence-electron chi connectivity index (χ4n) is 2.04. The molecule has 3 heterocycles. The number of carbonyl (C=O) groups is 1. The molecule has 5 heteroatoms. The fourth-order valence-corrected chi connectivity index (χ4v) is 3.78. The Morgan fingerprint density at radius 1 is 1.20 bits per heavy atom. The molecule has 1 saturated heterocycles. The van der Waals surface area contributed by atoms with E-state index in [9.17, 15) is 4.79 Å². The highest BCUT2D eigenvalue weighted by Crippen LogP contribution is 2.31. The van der Waals surface area contributed by atoms with Crippen molar-refractivity contribution < 1.29 is 9.53 Å². The topological polar surface area (TPSA) is 29.5 Å². The standard InChI is InChI=1S/C15H15NO2S2/c17-15(16-7-9-18-10-8-16)6-4-12-3-5-14(20-12)13-2-1-11-19-13/h1-6,11H,7-10H2. The molecule has 0 spiro atoms. The molecule has 20 heavy (non-hydrogen) atoms. The van der Waals surface area contributed by atoms with Crippen LogP contribution in [0.1, 0.15) is 4.88 Å². The smallest absolute Gasteiger partial charge is 0.246 e. The molecule has 0 unspecified atom stereocenters. The largest absolute Gasteiger partial charge is 0.378 e. The number of hydrogen-bond acceptors (Lipinski definition) is 4. The normalized spacial score (nSPS) is 15.9. The first kappa shape index (κ1) is 13.5. The maximum atomic E-state index is 12.0. The summed E-state index contributed by atoms with van der Waals surface area (Å²) < 4.78 is 5.24. The molecule has 1 amide bonds. The van der Waals surface area contributed by atoms with Gasteiger partial charge in [-0.3, -0.25) is 4.79 Å². The zero-order valence-corrected chi connectivity index (χ0v) is 12.6. The van der Waals surface area contributed by atoms with Crippen molar-refractivity contribution in [3.05, 3.63) is 40.6 Å². The summed E-state index contributed by atoms with van der Waals surface area (Å²) >= 11 is 3.44. The third-order valence-corrected chi connectivity index (χ3v) is 5.22. The van der Waals surface area contributed by atoms with E-state index in [4.69, 9.17) is 4.74 Å². The minimum absolute atomic E-state index is 0.0689. The average Bonchev–Trinajstić information content (AvgIpc) is 3.16. The maximum absolute atomic E-state index is 12.0. The minimum atomic E-state index is 0.0689. The summed E-state index contributed by atoms with van der Waals surface area (Å²) in [4.78, 5) is 17.5. The van der Waals surface area contributed by atoms with Gasteiger partial charge in [-0.1, -0.05) is 6.07 Å². The van der Waals surface area contributed by atoms with Gasteiger partial charge in [0, 0.05) is 33.8 Å². The van der Waals surface area contributed by atoms with Crippen molar-refractivity contribution in [2.24, 2.45) is 0 Å². The molecule has 2 aromatic rings. The number of nitrogens with zero attached hydrogens (tertiary/aromatic N) is 1. The highest BCUT2D eigenvalue weighted by Gasteiger charge is 2.14. The van der Waals surface area contributed by atoms with Gasteiger partial charge in [-0.2, -0.15) is 0 Å². The Morgan fingerprint density at radius 2 is 2.05 bits per heavy atom. The van der Waals surface area contributed by atoms with Crippen LogP contribution in [0.5, 0.6) is 0 Å². The van der Waals surface area contributed by atoms with Gasteiger partial charge in [0.2, 0.25) is 5.91 Å². The van der Waals surface area contributed by atoms with Crippen molar-refractivity contribution in [3.63, 3.8) is 0 Å². The van der Waals surface area contributed by atoms with Crippen molar-refractivity contribution in [3.8, 4) is 9.75 Å². The van der Waals surface area contributed by atoms with Crippen LogP contribution in [-0.4, -0.2) is 37.1 Å². The number of rotatable bonds is 3. The molecule has 0 N–H and O–H groups in total. The van der Waals surface area contributed by atoms with Gasteiger partial charge in [-0.15, -0.1) is 22.7 Å². The first-order chi connectivity index (χ1) is 9.83. The van der Waals surface area contributed by atoms with E-state index >= 15 is 0 Å². The van der Waals surface area contributed by atoms with Gasteiger partial charge in [0.1, 0.15) is 0 Å². The van der Waals surface area contributed by atoms with Crippen molar-refractivity contribution in [2.75, 3.05) is 26.3 Å². The van der Waals surface area contributed by atoms with Gasteiger partial charge in [0.25, 0.3) is 0 Å². The SMILES string of the molecule is O=C(C=Cc1ccc(-c2cccs2)s1)N1CCOCC1. The zero-order valence-electron chi connectivity index (χ0n) is 11.0. The van der Waals surface area contributed by atoms with Crippen molar-refractivity contribution in [2.45, 2.75) is 0 Å². The lowest BCUT2D eigenvalue weighted by molar-refractivity contribution is -0.129. The minimum Gasteiger partial charge on any atom is -0.378 e. The Balaban J connectivity index is 1.65. The highest BCUT2D eigenvalue weighted by molar-refractivity contribution is 7.21. The van der Waals surface area contributed by atoms with E-state index in [0.29, 0.717) is 26.3 Å². The Hall–Kier alpha value is -1.43. The van der Waals surface area contributed by atoms with E-state index in [2.05, 4.69) is 29.6 Å². The van der Waals surface area contributed by atoms with Crippen LogP contribution in [0.15, 0.2) is 35.7 Å². The Morgan fingerprint density at radius 3 is 2.80 bits per heavy atom. The molecule has 1 aliphatic rings. The molecule has 0 aromatic carbocycles. The number of ether oxygens (including phenoxy) is 1. The van der Waals surface area contributed by atoms with Crippen molar-refractivity contribution >= 4 is 34.7 Å². The van der Waals surface area contributed by atoms with Crippen LogP contribution in [0.4, 0.5) is 0 Å². The molecule has 0 bridgehead atoms. The third-order valence-electron chi connectivity index (χ3n) is 3.10. The predicted octanol–water partition coefficient (Wildman–Crippen LogP) is 3.35. The number of morpholine rings is 1. The first-order valence-electron chi connectivity index (χ1n) is 6.51. The molecule has 0 atom stereocenters. The van der Waals surface area contributed by atoms with E-state index in [1.807, 2.05) is 11.0 Å². The maximum Gasteiger partial charge on any atom is 0.246 e. The molecular formula is C15H15NO2S2. The summed E-state index contributed by atoms with van der Waals surface area (Å²) in [6, 6.07) is 8.33. The van der Waals surface area contributed by atoms with Crippen LogP contribution in [0, 0.1) is 0 Å². The summed E-state index contributed by atoms with van der Waals surface area (Å²) in [7, 11) is 0. The van der Waals surface area contributed by atoms with E-state index < -0.39 is 0 Å². The zero-order chi connectivity index (χ0) is 13.8. The lowest BCUT2D eigenvalue weighted by Crippen LogP contribution is -2.39. The molecule has 3 nitrogen and oxygen atoms in total. The van der Waals surface area contributed by atoms with Crippen molar-refractivity contribution in [1.29, 1.82) is 0 Å². The fraction of sp³-hybridized carbons (Fsp3) is 0.267. The van der Waals surface area contributed by atoms with Crippen LogP contribution >= 0.6 is 22.7 Å².